The van der Waals surface area contributed by atoms with E-state index in [9.17, 15) is 14.2 Å². The van der Waals surface area contributed by atoms with Crippen LogP contribution in [0.1, 0.15) is 26.3 Å². The highest BCUT2D eigenvalue weighted by Gasteiger charge is 2.35. The minimum atomic E-state index is -0.451. The van der Waals surface area contributed by atoms with Crippen molar-refractivity contribution in [1.29, 1.82) is 0 Å². The first-order valence-corrected chi connectivity index (χ1v) is 8.94. The third-order valence-corrected chi connectivity index (χ3v) is 5.06. The van der Waals surface area contributed by atoms with Crippen LogP contribution in [0.25, 0.3) is 16.7 Å². The second-order valence-electron chi connectivity index (χ2n) is 5.93. The molecule has 1 aliphatic carbocycles. The lowest BCUT2D eigenvalue weighted by Crippen LogP contribution is -2.20. The van der Waals surface area contributed by atoms with Crippen LogP contribution in [-0.4, -0.2) is 11.6 Å². The number of allylic oxidation sites excluding steroid dienone is 2. The molecule has 0 heterocycles. The summed E-state index contributed by atoms with van der Waals surface area (Å²) < 4.78 is 11.7. The summed E-state index contributed by atoms with van der Waals surface area (Å²) >= 11 is 0. The van der Waals surface area contributed by atoms with Crippen LogP contribution in [0.4, 0.5) is 0 Å². The Balaban J connectivity index is 2.01. The summed E-state index contributed by atoms with van der Waals surface area (Å²) in [5.74, 6) is -0.642. The SMILES string of the molecule is O=PC1=C(c2ccccc2)C(=O)c2c(cccc2-c2ccccc2)C1=O. The van der Waals surface area contributed by atoms with Gasteiger partial charge in [-0.1, -0.05) is 78.9 Å². The van der Waals surface area contributed by atoms with Crippen molar-refractivity contribution >= 4 is 25.6 Å². The molecule has 4 heteroatoms. The van der Waals surface area contributed by atoms with Crippen LogP contribution < -0.4 is 0 Å². The van der Waals surface area contributed by atoms with Gasteiger partial charge in [-0.05, 0) is 16.7 Å². The first-order valence-electron chi connectivity index (χ1n) is 8.13. The fourth-order valence-corrected chi connectivity index (χ4v) is 3.80. The average molecular weight is 356 g/mol. The first-order chi connectivity index (χ1) is 12.7. The van der Waals surface area contributed by atoms with Crippen LogP contribution >= 0.6 is 8.46 Å². The molecule has 3 aromatic carbocycles. The summed E-state index contributed by atoms with van der Waals surface area (Å²) in [6, 6.07) is 23.6. The van der Waals surface area contributed by atoms with Gasteiger partial charge in [0.2, 0.25) is 5.78 Å². The van der Waals surface area contributed by atoms with Gasteiger partial charge in [0.05, 0.1) is 0 Å². The Bertz CT molecular complexity index is 1070. The summed E-state index contributed by atoms with van der Waals surface area (Å²) in [6.45, 7) is 0. The number of carbonyl (C=O) groups excluding carboxylic acids is 2. The van der Waals surface area contributed by atoms with E-state index >= 15 is 0 Å². The quantitative estimate of drug-likeness (QED) is 0.588. The van der Waals surface area contributed by atoms with E-state index in [1.54, 1.807) is 36.4 Å². The van der Waals surface area contributed by atoms with Crippen molar-refractivity contribution in [2.75, 3.05) is 0 Å². The summed E-state index contributed by atoms with van der Waals surface area (Å²) in [5, 5.41) is 0.0129. The molecule has 0 saturated carbocycles. The van der Waals surface area contributed by atoms with Crippen molar-refractivity contribution < 1.29 is 14.2 Å². The molecule has 124 valence electrons. The number of fused-ring (bicyclic) bond motifs is 1. The van der Waals surface area contributed by atoms with Crippen LogP contribution in [0, 0.1) is 0 Å². The van der Waals surface area contributed by atoms with Crippen molar-refractivity contribution in [3.8, 4) is 11.1 Å². The Kier molecular flexibility index (Phi) is 4.16. The Hall–Kier alpha value is -3.16. The number of benzene rings is 3. The zero-order valence-corrected chi connectivity index (χ0v) is 14.6. The van der Waals surface area contributed by atoms with Crippen molar-refractivity contribution in [3.05, 3.63) is 101 Å². The molecular formula is C22H13O3P. The van der Waals surface area contributed by atoms with Crippen LogP contribution in [-0.2, 0) is 4.57 Å². The molecule has 3 nitrogen and oxygen atoms in total. The second kappa shape index (κ2) is 6.62. The van der Waals surface area contributed by atoms with Gasteiger partial charge in [-0.15, -0.1) is 0 Å². The highest BCUT2D eigenvalue weighted by molar-refractivity contribution is 7.32. The van der Waals surface area contributed by atoms with E-state index in [2.05, 4.69) is 0 Å². The topological polar surface area (TPSA) is 51.2 Å². The molecule has 0 amide bonds. The lowest BCUT2D eigenvalue weighted by molar-refractivity contribution is 0.0998. The number of ketones is 2. The molecule has 1 aliphatic rings. The number of hydrogen-bond donors (Lipinski definition) is 0. The highest BCUT2D eigenvalue weighted by atomic mass is 31.1. The number of hydrogen-bond acceptors (Lipinski definition) is 3. The zero-order chi connectivity index (χ0) is 18.1. The summed E-state index contributed by atoms with van der Waals surface area (Å²) in [6.07, 6.45) is 0. The molecule has 4 rings (SSSR count). The van der Waals surface area contributed by atoms with Crippen molar-refractivity contribution in [1.82, 2.24) is 0 Å². The summed E-state index contributed by atoms with van der Waals surface area (Å²) in [4.78, 5) is 26.3. The van der Waals surface area contributed by atoms with E-state index in [1.807, 2.05) is 42.5 Å². The van der Waals surface area contributed by atoms with Crippen molar-refractivity contribution in [3.63, 3.8) is 0 Å². The minimum absolute atomic E-state index is 0.0129. The molecule has 0 fully saturated rings. The van der Waals surface area contributed by atoms with E-state index in [0.29, 0.717) is 22.3 Å². The summed E-state index contributed by atoms with van der Waals surface area (Å²) in [7, 11) is -0.451. The van der Waals surface area contributed by atoms with Gasteiger partial charge in [0.25, 0.3) is 0 Å². The molecule has 0 atom stereocenters. The lowest BCUT2D eigenvalue weighted by Gasteiger charge is -2.21. The van der Waals surface area contributed by atoms with E-state index in [1.165, 1.54) is 0 Å². The predicted octanol–water partition coefficient (Wildman–Crippen LogP) is 5.44. The second-order valence-corrected chi connectivity index (χ2v) is 6.56. The van der Waals surface area contributed by atoms with Gasteiger partial charge in [0.1, 0.15) is 5.31 Å². The number of rotatable bonds is 3. The van der Waals surface area contributed by atoms with Gasteiger partial charge in [0.15, 0.2) is 14.2 Å². The molecule has 0 N–H and O–H groups in total. The largest absolute Gasteiger partial charge is 0.288 e. The molecule has 0 aliphatic heterocycles. The number of carbonyl (C=O) groups is 2. The van der Waals surface area contributed by atoms with Gasteiger partial charge >= 0.3 is 0 Å². The smallest absolute Gasteiger partial charge is 0.202 e. The third kappa shape index (κ3) is 2.54. The van der Waals surface area contributed by atoms with Crippen LogP contribution in [0.3, 0.4) is 0 Å². The standard InChI is InChI=1S/C22H13O3P/c23-20-17-13-7-12-16(14-8-3-1-4-9-14)19(17)21(24)18(22(20)26-25)15-10-5-2-6-11-15/h1-13H. The molecule has 0 bridgehead atoms. The Morgan fingerprint density at radius 3 is 1.77 bits per heavy atom. The summed E-state index contributed by atoms with van der Waals surface area (Å²) in [5.41, 5.74) is 3.04. The molecule has 0 aromatic heterocycles. The van der Waals surface area contributed by atoms with E-state index in [-0.39, 0.29) is 22.5 Å². The molecule has 0 unspecified atom stereocenters. The van der Waals surface area contributed by atoms with Gasteiger partial charge in [0, 0.05) is 16.7 Å². The van der Waals surface area contributed by atoms with Crippen molar-refractivity contribution in [2.24, 2.45) is 0 Å². The zero-order valence-electron chi connectivity index (χ0n) is 13.7. The molecule has 26 heavy (non-hydrogen) atoms. The molecule has 3 aromatic rings. The van der Waals surface area contributed by atoms with Crippen LogP contribution in [0.2, 0.25) is 0 Å². The van der Waals surface area contributed by atoms with E-state index < -0.39 is 8.46 Å². The number of Topliss-reactive ketones (excluding diaryl/α,β-unsaturated/α-hetero) is 2. The highest BCUT2D eigenvalue weighted by Crippen LogP contribution is 2.40. The fourth-order valence-electron chi connectivity index (χ4n) is 3.28. The normalized spacial score (nSPS) is 13.8. The maximum Gasteiger partial charge on any atom is 0.202 e. The Morgan fingerprint density at radius 2 is 1.15 bits per heavy atom. The molecule has 0 saturated heterocycles. The Labute approximate surface area is 152 Å². The average Bonchev–Trinajstić information content (AvgIpc) is 2.71. The van der Waals surface area contributed by atoms with Crippen molar-refractivity contribution in [2.45, 2.75) is 0 Å². The van der Waals surface area contributed by atoms with Gasteiger partial charge in [-0.3, -0.25) is 14.2 Å². The minimum Gasteiger partial charge on any atom is -0.288 e. The molecule has 0 radical (unpaired) electrons. The van der Waals surface area contributed by atoms with Gasteiger partial charge in [-0.2, -0.15) is 0 Å². The first kappa shape index (κ1) is 16.3. The van der Waals surface area contributed by atoms with E-state index in [0.717, 1.165) is 5.56 Å². The Morgan fingerprint density at radius 1 is 0.577 bits per heavy atom. The van der Waals surface area contributed by atoms with Gasteiger partial charge < -0.3 is 0 Å². The monoisotopic (exact) mass is 356 g/mol. The molecular weight excluding hydrogens is 343 g/mol. The van der Waals surface area contributed by atoms with Crippen LogP contribution in [0.5, 0.6) is 0 Å². The predicted molar refractivity (Wildman–Crippen MR) is 102 cm³/mol. The third-order valence-electron chi connectivity index (χ3n) is 4.45. The maximum absolute atomic E-state index is 13.4. The maximum atomic E-state index is 13.4. The van der Waals surface area contributed by atoms with Gasteiger partial charge in [-0.25, -0.2) is 0 Å². The molecule has 0 spiro atoms. The lowest BCUT2D eigenvalue weighted by atomic mass is 9.82. The fraction of sp³-hybridized carbons (Fsp3) is 0. The van der Waals surface area contributed by atoms with E-state index in [4.69, 9.17) is 0 Å². The van der Waals surface area contributed by atoms with Crippen LogP contribution in [0.15, 0.2) is 84.2 Å².